The van der Waals surface area contributed by atoms with Gasteiger partial charge in [0.15, 0.2) is 22.4 Å². The van der Waals surface area contributed by atoms with E-state index < -0.39 is 39.0 Å². The van der Waals surface area contributed by atoms with Gasteiger partial charge in [0.2, 0.25) is 6.70 Å². The van der Waals surface area contributed by atoms with Gasteiger partial charge in [0.1, 0.15) is 0 Å². The zero-order valence-electron chi connectivity index (χ0n) is 21.3. The van der Waals surface area contributed by atoms with Crippen LogP contribution in [0.3, 0.4) is 0 Å². The van der Waals surface area contributed by atoms with Crippen molar-refractivity contribution in [3.63, 3.8) is 0 Å². The Labute approximate surface area is 196 Å². The maximum Gasteiger partial charge on any atom is 0.250 e. The summed E-state index contributed by atoms with van der Waals surface area (Å²) in [5.74, 6) is 0. The van der Waals surface area contributed by atoms with Crippen molar-refractivity contribution in [2.45, 2.75) is 78.6 Å². The minimum Gasteiger partial charge on any atom is -0.0656 e. The van der Waals surface area contributed by atoms with Crippen LogP contribution in [-0.4, -0.2) is 32.3 Å². The third kappa shape index (κ3) is 6.43. The van der Waals surface area contributed by atoms with Crippen molar-refractivity contribution in [3.05, 3.63) is 36.4 Å². The fourth-order valence-electron chi connectivity index (χ4n) is 3.34. The first kappa shape index (κ1) is 26.1. The molecule has 2 aromatic carbocycles. The van der Waals surface area contributed by atoms with Crippen LogP contribution in [-0.2, 0) is 11.8 Å². The summed E-state index contributed by atoms with van der Waals surface area (Å²) in [6.07, 6.45) is 0. The Bertz CT molecular complexity index is 813. The molecule has 0 spiro atoms. The van der Waals surface area contributed by atoms with E-state index in [-0.39, 0.29) is 0 Å². The Balaban J connectivity index is 2.73. The summed E-state index contributed by atoms with van der Waals surface area (Å²) >= 11 is 6.33. The van der Waals surface area contributed by atoms with E-state index in [0.717, 1.165) is 0 Å². The lowest BCUT2D eigenvalue weighted by molar-refractivity contribution is 1.68. The highest BCUT2D eigenvalue weighted by atomic mass is 32.4. The van der Waals surface area contributed by atoms with Gasteiger partial charge in [-0.05, 0) is 24.3 Å². The van der Waals surface area contributed by atoms with Gasteiger partial charge in [0.25, 0.3) is 0 Å². The van der Waals surface area contributed by atoms with E-state index in [9.17, 15) is 0 Å². The molecule has 164 valence electrons. The highest BCUT2D eigenvalue weighted by molar-refractivity contribution is 8.12. The first-order chi connectivity index (χ1) is 13.3. The Hall–Kier alpha value is -0.172. The molecule has 0 aliphatic rings. The van der Waals surface area contributed by atoms with Gasteiger partial charge in [0.05, 0.1) is 32.3 Å². The second-order valence-corrected chi connectivity index (χ2v) is 35.9. The Morgan fingerprint density at radius 2 is 0.633 bits per heavy atom. The largest absolute Gasteiger partial charge is 0.250 e. The molecule has 2 aromatic rings. The van der Waals surface area contributed by atoms with Crippen LogP contribution in [0.2, 0.25) is 78.6 Å². The summed E-state index contributed by atoms with van der Waals surface area (Å²) in [4.78, 5) is 0. The van der Waals surface area contributed by atoms with Crippen molar-refractivity contribution in [1.82, 2.24) is 0 Å². The highest BCUT2D eigenvalue weighted by Gasteiger charge is 2.30. The van der Waals surface area contributed by atoms with Crippen molar-refractivity contribution in [3.8, 4) is 0 Å². The van der Waals surface area contributed by atoms with Crippen molar-refractivity contribution in [1.29, 1.82) is 0 Å². The molecule has 0 saturated carbocycles. The molecule has 0 fully saturated rings. The third-order valence-electron chi connectivity index (χ3n) is 5.77. The SMILES string of the molecule is C[Si](C)(C)c1cc([P+](=S)c2cc([Si](C)(C)C)cc([Si](C)(C)C)c2)cc([Si](C)(C)C)c1. The topological polar surface area (TPSA) is 0 Å². The van der Waals surface area contributed by atoms with Crippen molar-refractivity contribution in [2.24, 2.45) is 0 Å². The number of hydrogen-bond acceptors (Lipinski definition) is 1. The number of benzene rings is 2. The van der Waals surface area contributed by atoms with Crippen LogP contribution in [0, 0.1) is 0 Å². The van der Waals surface area contributed by atoms with E-state index >= 15 is 0 Å². The standard InChI is InChI=1S/C24H42PSSi4/c1-27(2,3)21-13-19(14-22(17-21)28(4,5)6)25(26)20-15-23(29(7,8)9)18-24(16-20)30(10,11)12/h13-18H,1-12H3/q+1. The molecule has 0 N–H and O–H groups in total. The van der Waals surface area contributed by atoms with Crippen LogP contribution in [0.1, 0.15) is 0 Å². The summed E-state index contributed by atoms with van der Waals surface area (Å²) in [7, 11) is -5.61. The minimum absolute atomic E-state index is 0.752. The van der Waals surface area contributed by atoms with Gasteiger partial charge < -0.3 is 0 Å². The average molecular weight is 506 g/mol. The van der Waals surface area contributed by atoms with E-state index in [1.54, 1.807) is 20.7 Å². The summed E-state index contributed by atoms with van der Waals surface area (Å²) in [6.45, 7) is 28.8. The van der Waals surface area contributed by atoms with Crippen LogP contribution >= 0.6 is 6.70 Å². The van der Waals surface area contributed by atoms with E-state index in [1.807, 2.05) is 0 Å². The monoisotopic (exact) mass is 505 g/mol. The molecule has 6 heteroatoms. The Morgan fingerprint density at radius 1 is 0.433 bits per heavy atom. The van der Waals surface area contributed by atoms with Crippen molar-refractivity contribution in [2.75, 3.05) is 0 Å². The fraction of sp³-hybridized carbons (Fsp3) is 0.500. The zero-order chi connectivity index (χ0) is 23.3. The lowest BCUT2D eigenvalue weighted by atomic mass is 10.3. The van der Waals surface area contributed by atoms with Gasteiger partial charge in [-0.25, -0.2) is 0 Å². The highest BCUT2D eigenvalue weighted by Crippen LogP contribution is 2.21. The van der Waals surface area contributed by atoms with Crippen LogP contribution in [0.4, 0.5) is 0 Å². The van der Waals surface area contributed by atoms with Gasteiger partial charge in [-0.1, -0.05) is 111 Å². The fourth-order valence-corrected chi connectivity index (χ4v) is 10.8. The molecule has 0 atom stereocenters. The van der Waals surface area contributed by atoms with E-state index in [1.165, 1.54) is 10.6 Å². The normalized spacial score (nSPS) is 13.5. The average Bonchev–Trinajstić information content (AvgIpc) is 2.57. The predicted molar refractivity (Wildman–Crippen MR) is 158 cm³/mol. The molecule has 0 unspecified atom stereocenters. The molecular formula is C24H42PSSi4+. The molecular weight excluding hydrogens is 464 g/mol. The number of hydrogen-bond donors (Lipinski definition) is 0. The second kappa shape index (κ2) is 8.64. The molecule has 0 bridgehead atoms. The first-order valence-electron chi connectivity index (χ1n) is 11.1. The van der Waals surface area contributed by atoms with Crippen molar-refractivity contribution >= 4 is 82.2 Å². The van der Waals surface area contributed by atoms with Crippen molar-refractivity contribution < 1.29 is 0 Å². The molecule has 2 rings (SSSR count). The molecule has 0 aliphatic heterocycles. The van der Waals surface area contributed by atoms with E-state index in [4.69, 9.17) is 11.8 Å². The summed E-state index contributed by atoms with van der Waals surface area (Å²) in [6, 6.07) is 14.9. The molecule has 0 saturated heterocycles. The van der Waals surface area contributed by atoms with Crippen LogP contribution in [0.5, 0.6) is 0 Å². The second-order valence-electron chi connectivity index (χ2n) is 12.8. The molecule has 0 aromatic heterocycles. The van der Waals surface area contributed by atoms with Gasteiger partial charge >= 0.3 is 0 Å². The van der Waals surface area contributed by atoms with Crippen LogP contribution in [0.15, 0.2) is 36.4 Å². The summed E-state index contributed by atoms with van der Waals surface area (Å²) in [5.41, 5.74) is 0. The molecule has 0 amide bonds. The van der Waals surface area contributed by atoms with Crippen LogP contribution < -0.4 is 31.4 Å². The molecule has 0 nitrogen and oxygen atoms in total. The maximum absolute atomic E-state index is 6.33. The Morgan fingerprint density at radius 3 is 0.800 bits per heavy atom. The number of rotatable bonds is 6. The van der Waals surface area contributed by atoms with E-state index in [0.29, 0.717) is 0 Å². The zero-order valence-corrected chi connectivity index (χ0v) is 27.0. The third-order valence-corrected chi connectivity index (χ3v) is 16.6. The smallest absolute Gasteiger partial charge is 0.0656 e. The molecule has 30 heavy (non-hydrogen) atoms. The summed E-state index contributed by atoms with van der Waals surface area (Å²) in [5, 5.41) is 9.10. The molecule has 0 aliphatic carbocycles. The van der Waals surface area contributed by atoms with Gasteiger partial charge in [-0.2, -0.15) is 0 Å². The first-order valence-corrected chi connectivity index (χ1v) is 27.4. The van der Waals surface area contributed by atoms with Gasteiger partial charge in [-0.15, -0.1) is 0 Å². The maximum atomic E-state index is 6.33. The van der Waals surface area contributed by atoms with Gasteiger partial charge in [-0.3, -0.25) is 0 Å². The minimum atomic E-state index is -1.40. The van der Waals surface area contributed by atoms with E-state index in [2.05, 4.69) is 115 Å². The van der Waals surface area contributed by atoms with Gasteiger partial charge in [0, 0.05) is 0 Å². The molecule has 0 radical (unpaired) electrons. The quantitative estimate of drug-likeness (QED) is 0.403. The summed E-state index contributed by atoms with van der Waals surface area (Å²) < 4.78 is 0. The predicted octanol–water partition coefficient (Wildman–Crippen LogP) is 4.76. The molecule has 0 heterocycles. The lowest BCUT2D eigenvalue weighted by Gasteiger charge is -2.23. The lowest BCUT2D eigenvalue weighted by Crippen LogP contribution is -2.48. The Kier molecular flexibility index (Phi) is 7.51. The van der Waals surface area contributed by atoms with Crippen LogP contribution in [0.25, 0.3) is 0 Å².